The first-order valence-corrected chi connectivity index (χ1v) is 9.98. The van der Waals surface area contributed by atoms with Gasteiger partial charge in [-0.1, -0.05) is 39.0 Å². The summed E-state index contributed by atoms with van der Waals surface area (Å²) < 4.78 is 0. The van der Waals surface area contributed by atoms with Crippen molar-refractivity contribution in [2.24, 2.45) is 4.99 Å². The van der Waals surface area contributed by atoms with Crippen LogP contribution in [-0.2, 0) is 0 Å². The van der Waals surface area contributed by atoms with Gasteiger partial charge in [0.05, 0.1) is 5.70 Å². The highest BCUT2D eigenvalue weighted by Gasteiger charge is 2.19. The maximum absolute atomic E-state index is 6.17. The summed E-state index contributed by atoms with van der Waals surface area (Å²) in [7, 11) is 3.84. The van der Waals surface area contributed by atoms with E-state index < -0.39 is 0 Å². The first-order chi connectivity index (χ1) is 13.0. The van der Waals surface area contributed by atoms with E-state index in [9.17, 15) is 0 Å². The molecule has 0 aliphatic heterocycles. The van der Waals surface area contributed by atoms with E-state index in [1.807, 2.05) is 25.1 Å². The number of unbranched alkanes of at least 4 members (excludes halogenated alkanes) is 2. The van der Waals surface area contributed by atoms with Crippen molar-refractivity contribution >= 4 is 29.3 Å². The zero-order chi connectivity index (χ0) is 20.2. The van der Waals surface area contributed by atoms with Gasteiger partial charge in [0.15, 0.2) is 5.82 Å². The molecule has 1 aromatic rings. The van der Waals surface area contributed by atoms with Crippen molar-refractivity contribution in [2.75, 3.05) is 32.1 Å². The molecule has 0 atom stereocenters. The van der Waals surface area contributed by atoms with Gasteiger partial charge in [0.1, 0.15) is 5.69 Å². The number of halogens is 1. The number of H-pyrrole nitrogens is 1. The molecular formula is C21H34ClN5. The molecule has 1 heterocycles. The minimum atomic E-state index is 0.368. The monoisotopic (exact) mass is 391 g/mol. The van der Waals surface area contributed by atoms with Crippen LogP contribution in [0.15, 0.2) is 36.0 Å². The van der Waals surface area contributed by atoms with Gasteiger partial charge in [-0.25, -0.2) is 0 Å². The molecule has 0 saturated heterocycles. The van der Waals surface area contributed by atoms with Gasteiger partial charge in [-0.15, -0.1) is 0 Å². The number of aromatic nitrogens is 2. The maximum Gasteiger partial charge on any atom is 0.202 e. The fraction of sp³-hybridized carbons (Fsp3) is 0.524. The van der Waals surface area contributed by atoms with Crippen LogP contribution in [0.1, 0.15) is 51.6 Å². The topological polar surface area (TPSA) is 47.5 Å². The van der Waals surface area contributed by atoms with E-state index in [1.165, 1.54) is 18.4 Å². The van der Waals surface area contributed by atoms with E-state index in [1.54, 1.807) is 13.2 Å². The number of rotatable bonds is 13. The van der Waals surface area contributed by atoms with Gasteiger partial charge in [-0.3, -0.25) is 4.99 Å². The smallest absolute Gasteiger partial charge is 0.202 e. The van der Waals surface area contributed by atoms with E-state index in [2.05, 4.69) is 46.0 Å². The van der Waals surface area contributed by atoms with Gasteiger partial charge in [-0.05, 0) is 49.6 Å². The Morgan fingerprint density at radius 2 is 2.04 bits per heavy atom. The van der Waals surface area contributed by atoms with Crippen LogP contribution in [0.5, 0.6) is 0 Å². The van der Waals surface area contributed by atoms with Crippen LogP contribution in [0.2, 0.25) is 5.28 Å². The zero-order valence-electron chi connectivity index (χ0n) is 17.3. The molecule has 0 fully saturated rings. The molecule has 150 valence electrons. The molecule has 5 nitrogen and oxygen atoms in total. The SMILES string of the molecule is C=CN(CCCCC)c1nc(Cl)[nH]c1C(=C)N(C)CCC/C(C=NC)=C/C. The predicted molar refractivity (Wildman–Crippen MR) is 120 cm³/mol. The molecule has 0 aliphatic carbocycles. The Balaban J connectivity index is 2.80. The van der Waals surface area contributed by atoms with Gasteiger partial charge in [0, 0.05) is 33.4 Å². The number of allylic oxidation sites excluding steroid dienone is 2. The molecule has 1 rings (SSSR count). The summed E-state index contributed by atoms with van der Waals surface area (Å²) in [4.78, 5) is 15.9. The Bertz CT molecular complexity index is 660. The predicted octanol–water partition coefficient (Wildman–Crippen LogP) is 5.53. The van der Waals surface area contributed by atoms with Crippen molar-refractivity contribution in [3.05, 3.63) is 42.0 Å². The summed E-state index contributed by atoms with van der Waals surface area (Å²) in [5.74, 6) is 0.787. The van der Waals surface area contributed by atoms with E-state index in [-0.39, 0.29) is 0 Å². The van der Waals surface area contributed by atoms with Crippen LogP contribution in [0.3, 0.4) is 0 Å². The second kappa shape index (κ2) is 12.4. The summed E-state index contributed by atoms with van der Waals surface area (Å²) in [5.41, 5.74) is 2.97. The van der Waals surface area contributed by atoms with Gasteiger partial charge in [0.25, 0.3) is 0 Å². The van der Waals surface area contributed by atoms with Gasteiger partial charge in [0.2, 0.25) is 5.28 Å². The van der Waals surface area contributed by atoms with Crippen molar-refractivity contribution in [2.45, 2.75) is 46.0 Å². The van der Waals surface area contributed by atoms with Crippen molar-refractivity contribution < 1.29 is 0 Å². The first kappa shape index (κ1) is 23.0. The maximum atomic E-state index is 6.17. The third-order valence-corrected chi connectivity index (χ3v) is 4.70. The Kier molecular flexibility index (Phi) is 10.6. The van der Waals surface area contributed by atoms with E-state index in [0.29, 0.717) is 5.28 Å². The molecule has 0 aromatic carbocycles. The van der Waals surface area contributed by atoms with E-state index >= 15 is 0 Å². The molecule has 0 bridgehead atoms. The summed E-state index contributed by atoms with van der Waals surface area (Å²) in [6.45, 7) is 14.2. The summed E-state index contributed by atoms with van der Waals surface area (Å²) in [6, 6.07) is 0. The number of aliphatic imine (C=N–C) groups is 1. The second-order valence-electron chi connectivity index (χ2n) is 6.53. The lowest BCUT2D eigenvalue weighted by molar-refractivity contribution is 0.466. The van der Waals surface area contributed by atoms with Crippen LogP contribution in [-0.4, -0.2) is 48.3 Å². The fourth-order valence-electron chi connectivity index (χ4n) is 2.86. The average molecular weight is 392 g/mol. The summed E-state index contributed by atoms with van der Waals surface area (Å²) in [6.07, 6.45) is 11.3. The number of nitrogens with zero attached hydrogens (tertiary/aromatic N) is 4. The minimum Gasteiger partial charge on any atom is -0.373 e. The second-order valence-corrected chi connectivity index (χ2v) is 6.89. The van der Waals surface area contributed by atoms with Crippen molar-refractivity contribution in [3.8, 4) is 0 Å². The lowest BCUT2D eigenvalue weighted by Gasteiger charge is -2.24. The molecule has 0 amide bonds. The molecule has 0 spiro atoms. The van der Waals surface area contributed by atoms with Gasteiger partial charge in [-0.2, -0.15) is 4.98 Å². The average Bonchev–Trinajstić information content (AvgIpc) is 3.05. The molecule has 0 radical (unpaired) electrons. The number of hydrogen-bond acceptors (Lipinski definition) is 4. The standard InChI is InChI=1S/C21H34ClN5/c1-7-10-11-15-27(9-3)20-19(24-21(22)25-20)17(4)26(6)14-12-13-18(8-2)16-23-5/h8-9,16H,3-4,7,10-15H2,1-2,5-6H3,(H,24,25)/b18-8-,23-16?. The number of hydrogen-bond donors (Lipinski definition) is 1. The van der Waals surface area contributed by atoms with Crippen LogP contribution < -0.4 is 4.90 Å². The van der Waals surface area contributed by atoms with Crippen molar-refractivity contribution in [1.82, 2.24) is 14.9 Å². The third kappa shape index (κ3) is 7.25. The van der Waals surface area contributed by atoms with Crippen molar-refractivity contribution in [1.29, 1.82) is 0 Å². The molecule has 27 heavy (non-hydrogen) atoms. The van der Waals surface area contributed by atoms with Crippen LogP contribution >= 0.6 is 11.6 Å². The van der Waals surface area contributed by atoms with E-state index in [4.69, 9.17) is 11.6 Å². The van der Waals surface area contributed by atoms with Crippen LogP contribution in [0.4, 0.5) is 5.82 Å². The fourth-order valence-corrected chi connectivity index (χ4v) is 3.03. The number of imidazole rings is 1. The highest BCUT2D eigenvalue weighted by molar-refractivity contribution is 6.28. The number of aromatic amines is 1. The lowest BCUT2D eigenvalue weighted by atomic mass is 10.1. The molecule has 6 heteroatoms. The quantitative estimate of drug-likeness (QED) is 0.355. The van der Waals surface area contributed by atoms with Gasteiger partial charge < -0.3 is 14.8 Å². The molecule has 1 aromatic heterocycles. The highest BCUT2D eigenvalue weighted by atomic mass is 35.5. The highest BCUT2D eigenvalue weighted by Crippen LogP contribution is 2.28. The summed E-state index contributed by atoms with van der Waals surface area (Å²) >= 11 is 6.17. The Morgan fingerprint density at radius 3 is 2.63 bits per heavy atom. The van der Waals surface area contributed by atoms with Gasteiger partial charge >= 0.3 is 0 Å². The number of nitrogens with one attached hydrogen (secondary N) is 1. The molecule has 0 saturated carbocycles. The Hall–Kier alpha value is -2.01. The molecule has 0 aliphatic rings. The van der Waals surface area contributed by atoms with Crippen LogP contribution in [0, 0.1) is 0 Å². The number of anilines is 1. The normalized spacial score (nSPS) is 11.8. The summed E-state index contributed by atoms with van der Waals surface area (Å²) in [5, 5.41) is 0.368. The molecule has 1 N–H and O–H groups in total. The molecule has 0 unspecified atom stereocenters. The largest absolute Gasteiger partial charge is 0.373 e. The Morgan fingerprint density at radius 1 is 1.30 bits per heavy atom. The zero-order valence-corrected chi connectivity index (χ0v) is 18.0. The minimum absolute atomic E-state index is 0.368. The first-order valence-electron chi connectivity index (χ1n) is 9.60. The third-order valence-electron chi connectivity index (χ3n) is 4.52. The molecular weight excluding hydrogens is 358 g/mol. The van der Waals surface area contributed by atoms with Crippen LogP contribution in [0.25, 0.3) is 5.70 Å². The van der Waals surface area contributed by atoms with Crippen molar-refractivity contribution in [3.63, 3.8) is 0 Å². The van der Waals surface area contributed by atoms with E-state index in [0.717, 1.165) is 49.6 Å². The Labute approximate surface area is 169 Å². The lowest BCUT2D eigenvalue weighted by Crippen LogP contribution is -2.22.